The summed E-state index contributed by atoms with van der Waals surface area (Å²) < 4.78 is 2.32. The van der Waals surface area contributed by atoms with Crippen molar-refractivity contribution in [2.24, 2.45) is 0 Å². The van der Waals surface area contributed by atoms with E-state index in [2.05, 4.69) is 85.0 Å². The van der Waals surface area contributed by atoms with Crippen LogP contribution < -0.4 is 0 Å². The van der Waals surface area contributed by atoms with Crippen LogP contribution in [-0.2, 0) is 0 Å². The van der Waals surface area contributed by atoms with Gasteiger partial charge in [-0.2, -0.15) is 0 Å². The van der Waals surface area contributed by atoms with Crippen LogP contribution in [0, 0.1) is 6.92 Å². The highest BCUT2D eigenvalue weighted by Gasteiger charge is 2.13. The summed E-state index contributed by atoms with van der Waals surface area (Å²) in [6.45, 7) is 2.10. The zero-order valence-corrected chi connectivity index (χ0v) is 14.1. The zero-order valence-electron chi connectivity index (χ0n) is 8.51. The van der Waals surface area contributed by atoms with Crippen molar-refractivity contribution in [3.63, 3.8) is 0 Å². The van der Waals surface area contributed by atoms with Gasteiger partial charge in [0.2, 0.25) is 0 Å². The lowest BCUT2D eigenvalue weighted by Crippen LogP contribution is -1.90. The molecule has 0 radical (unpaired) electrons. The first-order valence-electron chi connectivity index (χ1n) is 4.73. The number of alkyl halides is 1. The van der Waals surface area contributed by atoms with Crippen molar-refractivity contribution in [3.8, 4) is 0 Å². The van der Waals surface area contributed by atoms with Crippen LogP contribution in [0.25, 0.3) is 0 Å². The topological polar surface area (TPSA) is 0 Å². The average Bonchev–Trinajstić information content (AvgIpc) is 2.68. The Kier molecular flexibility index (Phi) is 4.27. The molecule has 0 aliphatic heterocycles. The van der Waals surface area contributed by atoms with Gasteiger partial charge in [-0.1, -0.05) is 44.0 Å². The summed E-state index contributed by atoms with van der Waals surface area (Å²) in [5.74, 6) is 0. The molecule has 1 aromatic carbocycles. The minimum atomic E-state index is 0.265. The molecule has 0 bridgehead atoms. The van der Waals surface area contributed by atoms with Crippen molar-refractivity contribution in [3.05, 3.63) is 54.6 Å². The fourth-order valence-electron chi connectivity index (χ4n) is 1.40. The van der Waals surface area contributed by atoms with E-state index >= 15 is 0 Å². The van der Waals surface area contributed by atoms with E-state index < -0.39 is 0 Å². The Labute approximate surface area is 124 Å². The van der Waals surface area contributed by atoms with Gasteiger partial charge in [0.1, 0.15) is 0 Å². The van der Waals surface area contributed by atoms with Gasteiger partial charge >= 0.3 is 0 Å². The third-order valence-electron chi connectivity index (χ3n) is 2.33. The van der Waals surface area contributed by atoms with Crippen LogP contribution in [-0.4, -0.2) is 0 Å². The van der Waals surface area contributed by atoms with E-state index in [1.807, 2.05) is 0 Å². The van der Waals surface area contributed by atoms with Crippen LogP contribution >= 0.6 is 59.1 Å². The lowest BCUT2D eigenvalue weighted by Gasteiger charge is -2.09. The molecule has 0 saturated carbocycles. The van der Waals surface area contributed by atoms with E-state index in [1.54, 1.807) is 11.3 Å². The van der Waals surface area contributed by atoms with E-state index in [1.165, 1.54) is 16.0 Å². The minimum absolute atomic E-state index is 0.265. The van der Waals surface area contributed by atoms with E-state index in [0.29, 0.717) is 0 Å². The average molecular weight is 425 g/mol. The van der Waals surface area contributed by atoms with E-state index in [-0.39, 0.29) is 4.83 Å². The highest BCUT2D eigenvalue weighted by Crippen LogP contribution is 2.38. The summed E-state index contributed by atoms with van der Waals surface area (Å²) >= 11 is 12.5. The van der Waals surface area contributed by atoms with Crippen LogP contribution in [0.1, 0.15) is 20.8 Å². The number of aryl methyl sites for hydroxylation is 1. The van der Waals surface area contributed by atoms with Gasteiger partial charge < -0.3 is 0 Å². The molecule has 0 aliphatic rings. The maximum absolute atomic E-state index is 3.73. The van der Waals surface area contributed by atoms with Gasteiger partial charge in [0.25, 0.3) is 0 Å². The van der Waals surface area contributed by atoms with Gasteiger partial charge in [0.15, 0.2) is 0 Å². The molecular weight excluding hydrogens is 416 g/mol. The molecule has 4 heteroatoms. The smallest absolute Gasteiger partial charge is 0.0738 e. The Morgan fingerprint density at radius 1 is 1.12 bits per heavy atom. The Morgan fingerprint density at radius 2 is 1.88 bits per heavy atom. The van der Waals surface area contributed by atoms with Crippen LogP contribution in [0.3, 0.4) is 0 Å². The Morgan fingerprint density at radius 3 is 2.44 bits per heavy atom. The molecule has 2 aromatic rings. The highest BCUT2D eigenvalue weighted by molar-refractivity contribution is 9.11. The van der Waals surface area contributed by atoms with Crippen molar-refractivity contribution < 1.29 is 0 Å². The molecule has 0 spiro atoms. The molecule has 0 saturated heterocycles. The Balaban J connectivity index is 2.33. The molecule has 1 aromatic heterocycles. The highest BCUT2D eigenvalue weighted by atomic mass is 79.9. The summed E-state index contributed by atoms with van der Waals surface area (Å²) in [6.07, 6.45) is 0. The third kappa shape index (κ3) is 2.78. The number of halogens is 3. The molecule has 0 aliphatic carbocycles. The molecule has 0 N–H and O–H groups in total. The maximum atomic E-state index is 3.73. The van der Waals surface area contributed by atoms with Crippen LogP contribution in [0.5, 0.6) is 0 Å². The first-order valence-corrected chi connectivity index (χ1v) is 8.05. The molecular formula is C12H9Br3S. The van der Waals surface area contributed by atoms with Gasteiger partial charge in [0, 0.05) is 9.35 Å². The van der Waals surface area contributed by atoms with E-state index in [4.69, 9.17) is 0 Å². The van der Waals surface area contributed by atoms with Crippen molar-refractivity contribution in [2.75, 3.05) is 0 Å². The van der Waals surface area contributed by atoms with E-state index in [9.17, 15) is 0 Å². The number of hydrogen-bond donors (Lipinski definition) is 0. The minimum Gasteiger partial charge on any atom is -0.132 e. The molecule has 0 fully saturated rings. The first kappa shape index (κ1) is 12.8. The second kappa shape index (κ2) is 5.34. The first-order chi connectivity index (χ1) is 7.58. The summed E-state index contributed by atoms with van der Waals surface area (Å²) in [4.78, 5) is 1.57. The van der Waals surface area contributed by atoms with Crippen LogP contribution in [0.2, 0.25) is 0 Å². The zero-order chi connectivity index (χ0) is 11.7. The predicted molar refractivity (Wildman–Crippen MR) is 81.7 cm³/mol. The molecule has 0 amide bonds. The molecule has 1 unspecified atom stereocenters. The standard InChI is InChI=1S/C12H9Br3S/c1-7-2-3-8(6-9(7)13)12(15)10-4-5-11(14)16-10/h2-6,12H,1H3. The van der Waals surface area contributed by atoms with Crippen LogP contribution in [0.15, 0.2) is 38.6 Å². The maximum Gasteiger partial charge on any atom is 0.0738 e. The van der Waals surface area contributed by atoms with E-state index in [0.717, 1.165) is 8.26 Å². The molecule has 1 atom stereocenters. The monoisotopic (exact) mass is 422 g/mol. The van der Waals surface area contributed by atoms with Crippen molar-refractivity contribution in [1.29, 1.82) is 0 Å². The largest absolute Gasteiger partial charge is 0.132 e. The summed E-state index contributed by atoms with van der Waals surface area (Å²) in [6, 6.07) is 10.7. The van der Waals surface area contributed by atoms with Crippen LogP contribution in [0.4, 0.5) is 0 Å². The van der Waals surface area contributed by atoms with Crippen molar-refractivity contribution in [1.82, 2.24) is 0 Å². The number of hydrogen-bond acceptors (Lipinski definition) is 1. The van der Waals surface area contributed by atoms with Gasteiger partial charge in [-0.3, -0.25) is 0 Å². The quantitative estimate of drug-likeness (QED) is 0.513. The fraction of sp³-hybridized carbons (Fsp3) is 0.167. The van der Waals surface area contributed by atoms with Gasteiger partial charge in [-0.05, 0) is 52.2 Å². The number of benzene rings is 1. The van der Waals surface area contributed by atoms with Crippen molar-refractivity contribution in [2.45, 2.75) is 11.8 Å². The normalized spacial score (nSPS) is 12.8. The van der Waals surface area contributed by atoms with Gasteiger partial charge in [0.05, 0.1) is 8.61 Å². The molecule has 0 nitrogen and oxygen atoms in total. The summed E-state index contributed by atoms with van der Waals surface area (Å²) in [5.41, 5.74) is 2.53. The molecule has 16 heavy (non-hydrogen) atoms. The lowest BCUT2D eigenvalue weighted by atomic mass is 10.1. The molecule has 1 heterocycles. The second-order valence-corrected chi connectivity index (χ2v) is 7.78. The van der Waals surface area contributed by atoms with Crippen molar-refractivity contribution >= 4 is 59.1 Å². The number of rotatable bonds is 2. The fourth-order valence-corrected chi connectivity index (χ4v) is 3.94. The third-order valence-corrected chi connectivity index (χ3v) is 6.20. The molecule has 84 valence electrons. The predicted octanol–water partition coefficient (Wildman–Crippen LogP) is 6.07. The van der Waals surface area contributed by atoms with Gasteiger partial charge in [-0.15, -0.1) is 11.3 Å². The Bertz CT molecular complexity index is 505. The lowest BCUT2D eigenvalue weighted by molar-refractivity contribution is 1.21. The Hall–Kier alpha value is 0.360. The second-order valence-electron chi connectivity index (χ2n) is 3.51. The SMILES string of the molecule is Cc1ccc(C(Br)c2ccc(Br)s2)cc1Br. The number of thiophene rings is 1. The molecule has 2 rings (SSSR count). The van der Waals surface area contributed by atoms with Gasteiger partial charge in [-0.25, -0.2) is 0 Å². The summed E-state index contributed by atoms with van der Waals surface area (Å²) in [7, 11) is 0. The summed E-state index contributed by atoms with van der Waals surface area (Å²) in [5, 5.41) is 0.